The molecule has 114 valence electrons. The van der Waals surface area contributed by atoms with Crippen LogP contribution in [0.3, 0.4) is 0 Å². The highest BCUT2D eigenvalue weighted by Crippen LogP contribution is 2.18. The zero-order valence-corrected chi connectivity index (χ0v) is 13.0. The Kier molecular flexibility index (Phi) is 4.83. The number of nitrogens with one attached hydrogen (secondary N) is 1. The Morgan fingerprint density at radius 1 is 1.38 bits per heavy atom. The van der Waals surface area contributed by atoms with Crippen molar-refractivity contribution in [3.8, 4) is 0 Å². The first kappa shape index (κ1) is 15.4. The smallest absolute Gasteiger partial charge is 0.260 e. The molecule has 1 aromatic carbocycles. The highest BCUT2D eigenvalue weighted by atomic mass is 16.1. The first-order valence-electron chi connectivity index (χ1n) is 7.63. The lowest BCUT2D eigenvalue weighted by Crippen LogP contribution is -2.36. The molecule has 0 saturated carbocycles. The molecule has 0 aliphatic carbocycles. The van der Waals surface area contributed by atoms with Crippen LogP contribution >= 0.6 is 0 Å². The lowest BCUT2D eigenvalue weighted by molar-refractivity contribution is 0.583. The van der Waals surface area contributed by atoms with Crippen LogP contribution in [-0.2, 0) is 0 Å². The molecule has 0 fully saturated rings. The Bertz CT molecular complexity index is 665. The Morgan fingerprint density at radius 3 is 2.81 bits per heavy atom. The van der Waals surface area contributed by atoms with Crippen LogP contribution in [0.2, 0.25) is 0 Å². The molecule has 1 heterocycles. The molecular weight excluding hydrogens is 264 g/mol. The molecule has 0 amide bonds. The molecular formula is C16H24N4O. The number of anilines is 2. The zero-order valence-electron chi connectivity index (χ0n) is 13.0. The zero-order chi connectivity index (χ0) is 15.4. The maximum Gasteiger partial charge on any atom is 0.260 e. The molecule has 1 unspecified atom stereocenters. The summed E-state index contributed by atoms with van der Waals surface area (Å²) in [6.45, 7) is 7.36. The molecule has 0 radical (unpaired) electrons. The molecule has 2 rings (SSSR count). The molecule has 2 aromatic rings. The average molecular weight is 288 g/mol. The third-order valence-corrected chi connectivity index (χ3v) is 3.86. The van der Waals surface area contributed by atoms with Gasteiger partial charge in [0.1, 0.15) is 0 Å². The van der Waals surface area contributed by atoms with Gasteiger partial charge in [-0.1, -0.05) is 20.3 Å². The number of H-pyrrole nitrogens is 1. The number of aromatic nitrogens is 2. The number of unbranched alkanes of at least 4 members (excludes halogenated alkanes) is 1. The fourth-order valence-corrected chi connectivity index (χ4v) is 2.36. The first-order chi connectivity index (χ1) is 10.1. The van der Waals surface area contributed by atoms with E-state index in [1.165, 1.54) is 0 Å². The normalized spacial score (nSPS) is 12.5. The van der Waals surface area contributed by atoms with Crippen LogP contribution in [0.5, 0.6) is 0 Å². The third kappa shape index (κ3) is 3.35. The Balaban J connectivity index is 2.48. The number of benzene rings is 1. The second-order valence-corrected chi connectivity index (χ2v) is 5.47. The number of nitrogens with two attached hydrogens (primary N) is 1. The molecule has 21 heavy (non-hydrogen) atoms. The van der Waals surface area contributed by atoms with Gasteiger partial charge in [0.2, 0.25) is 5.95 Å². The van der Waals surface area contributed by atoms with Crippen LogP contribution in [0, 0.1) is 0 Å². The van der Waals surface area contributed by atoms with Gasteiger partial charge in [-0.2, -0.15) is 0 Å². The van der Waals surface area contributed by atoms with E-state index in [-0.39, 0.29) is 5.56 Å². The average Bonchev–Trinajstić information content (AvgIpc) is 2.48. The minimum atomic E-state index is -0.132. The van der Waals surface area contributed by atoms with Gasteiger partial charge >= 0.3 is 0 Å². The molecule has 0 aliphatic heterocycles. The van der Waals surface area contributed by atoms with Crippen molar-refractivity contribution in [2.24, 2.45) is 0 Å². The molecule has 0 saturated heterocycles. The van der Waals surface area contributed by atoms with Crippen molar-refractivity contribution in [3.05, 3.63) is 28.6 Å². The monoisotopic (exact) mass is 288 g/mol. The van der Waals surface area contributed by atoms with Crippen LogP contribution in [-0.4, -0.2) is 22.6 Å². The van der Waals surface area contributed by atoms with Crippen molar-refractivity contribution in [1.29, 1.82) is 0 Å². The predicted molar refractivity (Wildman–Crippen MR) is 88.8 cm³/mol. The van der Waals surface area contributed by atoms with E-state index in [2.05, 4.69) is 35.6 Å². The summed E-state index contributed by atoms with van der Waals surface area (Å²) in [7, 11) is 0. The van der Waals surface area contributed by atoms with Gasteiger partial charge in [0.15, 0.2) is 0 Å². The minimum absolute atomic E-state index is 0.132. The van der Waals surface area contributed by atoms with Crippen molar-refractivity contribution < 1.29 is 0 Å². The SMILES string of the molecule is CCCCN(c1nc2ccc(N)cc2c(=O)[nH]1)C(C)CC. The summed E-state index contributed by atoms with van der Waals surface area (Å²) in [6.07, 6.45) is 3.20. The Morgan fingerprint density at radius 2 is 2.14 bits per heavy atom. The lowest BCUT2D eigenvalue weighted by atomic mass is 10.2. The van der Waals surface area contributed by atoms with E-state index in [0.29, 0.717) is 28.6 Å². The first-order valence-corrected chi connectivity index (χ1v) is 7.63. The lowest BCUT2D eigenvalue weighted by Gasteiger charge is -2.29. The van der Waals surface area contributed by atoms with Crippen LogP contribution in [0.25, 0.3) is 10.9 Å². The molecule has 1 aromatic heterocycles. The van der Waals surface area contributed by atoms with Gasteiger partial charge in [0, 0.05) is 18.3 Å². The van der Waals surface area contributed by atoms with Gasteiger partial charge in [-0.3, -0.25) is 9.78 Å². The van der Waals surface area contributed by atoms with Crippen LogP contribution in [0.15, 0.2) is 23.0 Å². The van der Waals surface area contributed by atoms with Crippen LogP contribution in [0.4, 0.5) is 11.6 Å². The summed E-state index contributed by atoms with van der Waals surface area (Å²) in [5.41, 5.74) is 6.87. The van der Waals surface area contributed by atoms with Crippen LogP contribution in [0.1, 0.15) is 40.0 Å². The molecule has 1 atom stereocenters. The highest BCUT2D eigenvalue weighted by molar-refractivity contribution is 5.81. The highest BCUT2D eigenvalue weighted by Gasteiger charge is 2.16. The van der Waals surface area contributed by atoms with E-state index in [0.717, 1.165) is 25.8 Å². The van der Waals surface area contributed by atoms with E-state index < -0.39 is 0 Å². The summed E-state index contributed by atoms with van der Waals surface area (Å²) < 4.78 is 0. The summed E-state index contributed by atoms with van der Waals surface area (Å²) >= 11 is 0. The number of hydrogen-bond acceptors (Lipinski definition) is 4. The molecule has 0 spiro atoms. The van der Waals surface area contributed by atoms with E-state index >= 15 is 0 Å². The van der Waals surface area contributed by atoms with Gasteiger partial charge in [-0.15, -0.1) is 0 Å². The van der Waals surface area contributed by atoms with Gasteiger partial charge in [0.25, 0.3) is 5.56 Å². The topological polar surface area (TPSA) is 75.0 Å². The summed E-state index contributed by atoms with van der Waals surface area (Å²) in [5, 5.41) is 0.540. The number of fused-ring (bicyclic) bond motifs is 1. The van der Waals surface area contributed by atoms with Crippen molar-refractivity contribution in [2.45, 2.75) is 46.1 Å². The largest absolute Gasteiger partial charge is 0.399 e. The van der Waals surface area contributed by atoms with E-state index in [9.17, 15) is 4.79 Å². The summed E-state index contributed by atoms with van der Waals surface area (Å²) in [6, 6.07) is 5.59. The third-order valence-electron chi connectivity index (χ3n) is 3.86. The van der Waals surface area contributed by atoms with Crippen molar-refractivity contribution >= 4 is 22.5 Å². The van der Waals surface area contributed by atoms with Crippen molar-refractivity contribution in [1.82, 2.24) is 9.97 Å². The Labute approximate surface area is 125 Å². The summed E-state index contributed by atoms with van der Waals surface area (Å²) in [5.74, 6) is 0.653. The fourth-order valence-electron chi connectivity index (χ4n) is 2.36. The van der Waals surface area contributed by atoms with Gasteiger partial charge in [-0.25, -0.2) is 4.98 Å². The minimum Gasteiger partial charge on any atom is -0.399 e. The number of rotatable bonds is 6. The maximum absolute atomic E-state index is 12.3. The Hall–Kier alpha value is -2.04. The number of nitrogen functional groups attached to an aromatic ring is 1. The second kappa shape index (κ2) is 6.61. The van der Waals surface area contributed by atoms with Crippen LogP contribution < -0.4 is 16.2 Å². The van der Waals surface area contributed by atoms with E-state index in [1.807, 2.05) is 0 Å². The van der Waals surface area contributed by atoms with E-state index in [1.54, 1.807) is 18.2 Å². The summed E-state index contributed by atoms with van der Waals surface area (Å²) in [4.78, 5) is 22.0. The van der Waals surface area contributed by atoms with E-state index in [4.69, 9.17) is 5.73 Å². The maximum atomic E-state index is 12.3. The standard InChI is InChI=1S/C16H24N4O/c1-4-6-9-20(11(3)5-2)16-18-14-8-7-12(17)10-13(14)15(21)19-16/h7-8,10-11H,4-6,9,17H2,1-3H3,(H,18,19,21). The van der Waals surface area contributed by atoms with Gasteiger partial charge in [-0.05, 0) is 38.0 Å². The van der Waals surface area contributed by atoms with Gasteiger partial charge < -0.3 is 10.6 Å². The second-order valence-electron chi connectivity index (χ2n) is 5.47. The quantitative estimate of drug-likeness (QED) is 0.801. The number of aromatic amines is 1. The molecule has 0 bridgehead atoms. The predicted octanol–water partition coefficient (Wildman–Crippen LogP) is 2.91. The molecule has 5 nitrogen and oxygen atoms in total. The number of nitrogens with zero attached hydrogens (tertiary/aromatic N) is 2. The molecule has 0 aliphatic rings. The van der Waals surface area contributed by atoms with Gasteiger partial charge in [0.05, 0.1) is 10.9 Å². The fraction of sp³-hybridized carbons (Fsp3) is 0.500. The molecule has 5 heteroatoms. The van der Waals surface area contributed by atoms with Crippen molar-refractivity contribution in [3.63, 3.8) is 0 Å². The number of hydrogen-bond donors (Lipinski definition) is 2. The van der Waals surface area contributed by atoms with Crippen molar-refractivity contribution in [2.75, 3.05) is 17.2 Å². The molecule has 3 N–H and O–H groups in total.